The van der Waals surface area contributed by atoms with Gasteiger partial charge in [0.15, 0.2) is 0 Å². The molecule has 3 nitrogen and oxygen atoms in total. The number of hydrogen-bond acceptors (Lipinski definition) is 3. The molecule has 2 aromatic rings. The Morgan fingerprint density at radius 2 is 1.35 bits per heavy atom. The van der Waals surface area contributed by atoms with Crippen LogP contribution in [-0.4, -0.2) is 16.7 Å². The number of carbonyl (C=O) groups excluding carboxylic acids is 2. The molecule has 0 aromatic heterocycles. The monoisotopic (exact) mass is 306 g/mol. The number of ketones is 2. The van der Waals surface area contributed by atoms with Gasteiger partial charge in [0.25, 0.3) is 0 Å². The molecule has 1 aliphatic rings. The van der Waals surface area contributed by atoms with Gasteiger partial charge in [0, 0.05) is 11.1 Å². The number of aliphatic hydroxyl groups excluding tert-OH is 1. The quantitative estimate of drug-likeness (QED) is 0.804. The van der Waals surface area contributed by atoms with Crippen molar-refractivity contribution in [2.24, 2.45) is 0 Å². The number of allylic oxidation sites excluding steroid dienone is 1. The summed E-state index contributed by atoms with van der Waals surface area (Å²) in [6.07, 6.45) is 0. The van der Waals surface area contributed by atoms with Crippen LogP contribution in [0, 0.1) is 0 Å². The Balaban J connectivity index is 2.15. The second-order valence-corrected chi connectivity index (χ2v) is 6.75. The molecule has 0 fully saturated rings. The Kier molecular flexibility index (Phi) is 3.44. The Morgan fingerprint density at radius 1 is 0.783 bits per heavy atom. The maximum atomic E-state index is 12.4. The Morgan fingerprint density at radius 3 is 1.91 bits per heavy atom. The highest BCUT2D eigenvalue weighted by Crippen LogP contribution is 2.34. The molecule has 0 unspecified atom stereocenters. The van der Waals surface area contributed by atoms with Crippen molar-refractivity contribution in [1.29, 1.82) is 0 Å². The van der Waals surface area contributed by atoms with Crippen LogP contribution in [-0.2, 0) is 10.2 Å². The summed E-state index contributed by atoms with van der Waals surface area (Å²) in [6, 6.07) is 14.0. The van der Waals surface area contributed by atoms with E-state index < -0.39 is 11.6 Å². The van der Waals surface area contributed by atoms with Gasteiger partial charge in [-0.3, -0.25) is 9.59 Å². The second-order valence-electron chi connectivity index (χ2n) is 6.75. The van der Waals surface area contributed by atoms with E-state index in [0.717, 1.165) is 5.56 Å². The molecule has 0 spiro atoms. The molecule has 0 bridgehead atoms. The molecule has 1 aliphatic carbocycles. The summed E-state index contributed by atoms with van der Waals surface area (Å²) in [5.41, 5.74) is 2.42. The topological polar surface area (TPSA) is 54.4 Å². The molecule has 3 rings (SSSR count). The molecule has 0 saturated carbocycles. The molecular formula is C20H18O3. The van der Waals surface area contributed by atoms with E-state index in [9.17, 15) is 14.7 Å². The fourth-order valence-electron chi connectivity index (χ4n) is 2.77. The summed E-state index contributed by atoms with van der Waals surface area (Å²) >= 11 is 0. The first-order chi connectivity index (χ1) is 10.8. The minimum Gasteiger partial charge on any atom is -0.506 e. The van der Waals surface area contributed by atoms with Gasteiger partial charge >= 0.3 is 0 Å². The summed E-state index contributed by atoms with van der Waals surface area (Å²) < 4.78 is 0. The van der Waals surface area contributed by atoms with Crippen molar-refractivity contribution in [1.82, 2.24) is 0 Å². The lowest BCUT2D eigenvalue weighted by Gasteiger charge is -2.21. The molecule has 0 aliphatic heterocycles. The predicted octanol–water partition coefficient (Wildman–Crippen LogP) is 4.18. The standard InChI is InChI=1S/C20H18O3/c1-20(2,3)13-10-8-12(9-11-13)16-17(21)14-6-4-5-7-15(14)18(22)19(16)23/h4-11,21H,1-3H3. The molecule has 1 N–H and O–H groups in total. The van der Waals surface area contributed by atoms with Gasteiger partial charge in [-0.15, -0.1) is 0 Å². The van der Waals surface area contributed by atoms with E-state index in [2.05, 4.69) is 20.8 Å². The first kappa shape index (κ1) is 15.2. The van der Waals surface area contributed by atoms with Crippen molar-refractivity contribution in [2.75, 3.05) is 0 Å². The molecular weight excluding hydrogens is 288 g/mol. The molecule has 0 heterocycles. The van der Waals surface area contributed by atoms with Gasteiger partial charge < -0.3 is 5.11 Å². The van der Waals surface area contributed by atoms with E-state index in [0.29, 0.717) is 11.1 Å². The number of benzene rings is 2. The van der Waals surface area contributed by atoms with E-state index in [4.69, 9.17) is 0 Å². The number of carbonyl (C=O) groups is 2. The minimum absolute atomic E-state index is 0.00600. The van der Waals surface area contributed by atoms with E-state index in [1.807, 2.05) is 12.1 Å². The van der Waals surface area contributed by atoms with Crippen molar-refractivity contribution in [3.8, 4) is 0 Å². The maximum absolute atomic E-state index is 12.4. The molecule has 3 heteroatoms. The van der Waals surface area contributed by atoms with Gasteiger partial charge in [0.05, 0.1) is 5.57 Å². The third-order valence-corrected chi connectivity index (χ3v) is 4.14. The zero-order valence-electron chi connectivity index (χ0n) is 13.4. The predicted molar refractivity (Wildman–Crippen MR) is 90.4 cm³/mol. The molecule has 2 aromatic carbocycles. The fraction of sp³-hybridized carbons (Fsp3) is 0.200. The van der Waals surface area contributed by atoms with E-state index >= 15 is 0 Å². The Bertz CT molecular complexity index is 834. The summed E-state index contributed by atoms with van der Waals surface area (Å²) in [4.78, 5) is 24.7. The van der Waals surface area contributed by atoms with Crippen LogP contribution in [0.1, 0.15) is 47.8 Å². The normalized spacial score (nSPS) is 14.9. The summed E-state index contributed by atoms with van der Waals surface area (Å²) in [7, 11) is 0. The fourth-order valence-corrected chi connectivity index (χ4v) is 2.77. The van der Waals surface area contributed by atoms with Gasteiger partial charge in [-0.2, -0.15) is 0 Å². The van der Waals surface area contributed by atoms with Gasteiger partial charge in [-0.05, 0) is 16.5 Å². The first-order valence-corrected chi connectivity index (χ1v) is 7.53. The van der Waals surface area contributed by atoms with Gasteiger partial charge in [-0.1, -0.05) is 69.3 Å². The Labute approximate surface area is 135 Å². The highest BCUT2D eigenvalue weighted by molar-refractivity contribution is 6.62. The average Bonchev–Trinajstić information content (AvgIpc) is 2.53. The van der Waals surface area contributed by atoms with Crippen LogP contribution >= 0.6 is 0 Å². The third kappa shape index (κ3) is 2.48. The largest absolute Gasteiger partial charge is 0.506 e. The minimum atomic E-state index is -0.662. The van der Waals surface area contributed by atoms with E-state index in [1.54, 1.807) is 36.4 Å². The SMILES string of the molecule is CC(C)(C)c1ccc(C2=C(O)c3ccccc3C(=O)C2=O)cc1. The number of hydrogen-bond donors (Lipinski definition) is 1. The third-order valence-electron chi connectivity index (χ3n) is 4.14. The smallest absolute Gasteiger partial charge is 0.237 e. The van der Waals surface area contributed by atoms with Crippen molar-refractivity contribution in [2.45, 2.75) is 26.2 Å². The lowest BCUT2D eigenvalue weighted by Crippen LogP contribution is -2.23. The van der Waals surface area contributed by atoms with Gasteiger partial charge in [0.1, 0.15) is 5.76 Å². The highest BCUT2D eigenvalue weighted by atomic mass is 16.3. The van der Waals surface area contributed by atoms with Crippen LogP contribution in [0.4, 0.5) is 0 Å². The van der Waals surface area contributed by atoms with Gasteiger partial charge in [0.2, 0.25) is 11.6 Å². The molecule has 23 heavy (non-hydrogen) atoms. The van der Waals surface area contributed by atoms with E-state index in [-0.39, 0.29) is 22.3 Å². The van der Waals surface area contributed by atoms with Crippen LogP contribution in [0.5, 0.6) is 0 Å². The van der Waals surface area contributed by atoms with Crippen LogP contribution < -0.4 is 0 Å². The molecule has 0 amide bonds. The van der Waals surface area contributed by atoms with Crippen molar-refractivity contribution in [3.63, 3.8) is 0 Å². The Hall–Kier alpha value is -2.68. The number of fused-ring (bicyclic) bond motifs is 1. The molecule has 0 radical (unpaired) electrons. The van der Waals surface area contributed by atoms with Crippen LogP contribution in [0.15, 0.2) is 48.5 Å². The van der Waals surface area contributed by atoms with Gasteiger partial charge in [-0.25, -0.2) is 0 Å². The first-order valence-electron chi connectivity index (χ1n) is 7.53. The summed E-state index contributed by atoms with van der Waals surface area (Å²) in [5.74, 6) is -1.37. The molecule has 0 saturated heterocycles. The lowest BCUT2D eigenvalue weighted by molar-refractivity contribution is -0.110. The van der Waals surface area contributed by atoms with Crippen LogP contribution in [0.2, 0.25) is 0 Å². The summed E-state index contributed by atoms with van der Waals surface area (Å²) in [5, 5.41) is 10.5. The zero-order chi connectivity index (χ0) is 16.8. The van der Waals surface area contributed by atoms with Crippen molar-refractivity contribution >= 4 is 22.9 Å². The summed E-state index contributed by atoms with van der Waals surface area (Å²) in [6.45, 7) is 6.30. The second kappa shape index (κ2) is 5.20. The van der Waals surface area contributed by atoms with E-state index in [1.165, 1.54) is 0 Å². The average molecular weight is 306 g/mol. The maximum Gasteiger partial charge on any atom is 0.237 e. The zero-order valence-corrected chi connectivity index (χ0v) is 13.4. The van der Waals surface area contributed by atoms with Crippen molar-refractivity contribution < 1.29 is 14.7 Å². The number of Topliss-reactive ketones (excluding diaryl/α,β-unsaturated/α-hetero) is 2. The van der Waals surface area contributed by atoms with Crippen LogP contribution in [0.3, 0.4) is 0 Å². The molecule has 0 atom stereocenters. The van der Waals surface area contributed by atoms with Crippen LogP contribution in [0.25, 0.3) is 11.3 Å². The lowest BCUT2D eigenvalue weighted by atomic mass is 9.83. The number of rotatable bonds is 1. The molecule has 116 valence electrons. The highest BCUT2D eigenvalue weighted by Gasteiger charge is 2.33. The number of aliphatic hydroxyl groups is 1. The van der Waals surface area contributed by atoms with Crippen molar-refractivity contribution in [3.05, 3.63) is 70.8 Å².